The Bertz CT molecular complexity index is 506. The highest BCUT2D eigenvalue weighted by molar-refractivity contribution is 7.99. The van der Waals surface area contributed by atoms with E-state index in [1.165, 1.54) is 0 Å². The summed E-state index contributed by atoms with van der Waals surface area (Å²) in [5.74, 6) is 2.06. The first-order chi connectivity index (χ1) is 8.04. The molecule has 0 spiro atoms. The van der Waals surface area contributed by atoms with Crippen molar-refractivity contribution < 1.29 is 4.52 Å². The minimum atomic E-state index is 0.0879. The van der Waals surface area contributed by atoms with Crippen LogP contribution in [-0.2, 0) is 0 Å². The van der Waals surface area contributed by atoms with Gasteiger partial charge in [-0.25, -0.2) is 9.97 Å². The van der Waals surface area contributed by atoms with Gasteiger partial charge in [0, 0.05) is 5.69 Å². The Labute approximate surface area is 104 Å². The molecule has 0 unspecified atom stereocenters. The van der Waals surface area contributed by atoms with E-state index in [1.54, 1.807) is 11.8 Å². The van der Waals surface area contributed by atoms with Gasteiger partial charge < -0.3 is 4.52 Å². The molecule has 0 aliphatic heterocycles. The fourth-order valence-corrected chi connectivity index (χ4v) is 2.44. The van der Waals surface area contributed by atoms with Crippen molar-refractivity contribution in [3.05, 3.63) is 29.3 Å². The predicted octanol–water partition coefficient (Wildman–Crippen LogP) is 2.64. The molecule has 2 aromatic rings. The number of aromatic nitrogens is 4. The molecule has 1 atom stereocenters. The van der Waals surface area contributed by atoms with Crippen LogP contribution in [0, 0.1) is 20.8 Å². The first-order valence-electron chi connectivity index (χ1n) is 5.34. The molecule has 90 valence electrons. The monoisotopic (exact) mass is 250 g/mol. The van der Waals surface area contributed by atoms with Crippen molar-refractivity contribution in [2.24, 2.45) is 0 Å². The third kappa shape index (κ3) is 3.03. The van der Waals surface area contributed by atoms with E-state index >= 15 is 0 Å². The van der Waals surface area contributed by atoms with Crippen LogP contribution in [0.25, 0.3) is 0 Å². The first kappa shape index (κ1) is 12.0. The standard InChI is InChI=1S/C11H14N4OS/c1-6-5-10(13-8(3)12-6)17-7(2)11-14-9(4)15-16-11/h5,7H,1-4H3/t7-/m0/s1. The summed E-state index contributed by atoms with van der Waals surface area (Å²) < 4.78 is 5.13. The summed E-state index contributed by atoms with van der Waals surface area (Å²) in [5, 5.41) is 4.80. The topological polar surface area (TPSA) is 64.7 Å². The highest BCUT2D eigenvalue weighted by Gasteiger charge is 2.15. The lowest BCUT2D eigenvalue weighted by molar-refractivity contribution is 0.376. The molecule has 2 aromatic heterocycles. The van der Waals surface area contributed by atoms with Gasteiger partial charge in [0.05, 0.1) is 5.25 Å². The molecular weight excluding hydrogens is 236 g/mol. The third-order valence-corrected chi connectivity index (χ3v) is 3.14. The van der Waals surface area contributed by atoms with Crippen LogP contribution in [0.1, 0.15) is 35.4 Å². The molecule has 0 N–H and O–H groups in total. The van der Waals surface area contributed by atoms with Crippen molar-refractivity contribution in [3.8, 4) is 0 Å². The maximum Gasteiger partial charge on any atom is 0.239 e. The van der Waals surface area contributed by atoms with Crippen LogP contribution in [0.2, 0.25) is 0 Å². The number of hydrogen-bond donors (Lipinski definition) is 0. The van der Waals surface area contributed by atoms with Gasteiger partial charge in [-0.1, -0.05) is 16.9 Å². The Morgan fingerprint density at radius 2 is 1.88 bits per heavy atom. The van der Waals surface area contributed by atoms with Crippen molar-refractivity contribution in [3.63, 3.8) is 0 Å². The van der Waals surface area contributed by atoms with Gasteiger partial charge in [-0.3, -0.25) is 0 Å². The number of rotatable bonds is 3. The van der Waals surface area contributed by atoms with Crippen LogP contribution in [0.5, 0.6) is 0 Å². The average Bonchev–Trinajstić information content (AvgIpc) is 2.63. The molecule has 0 fully saturated rings. The second kappa shape index (κ2) is 4.83. The molecule has 6 heteroatoms. The van der Waals surface area contributed by atoms with Crippen LogP contribution in [-0.4, -0.2) is 20.1 Å². The van der Waals surface area contributed by atoms with E-state index in [1.807, 2.05) is 33.8 Å². The van der Waals surface area contributed by atoms with E-state index in [-0.39, 0.29) is 5.25 Å². The van der Waals surface area contributed by atoms with E-state index in [0.717, 1.165) is 16.5 Å². The largest absolute Gasteiger partial charge is 0.338 e. The van der Waals surface area contributed by atoms with Crippen LogP contribution in [0.3, 0.4) is 0 Å². The Hall–Kier alpha value is -1.43. The summed E-state index contributed by atoms with van der Waals surface area (Å²) >= 11 is 1.59. The SMILES string of the molecule is Cc1cc(S[C@@H](C)c2nc(C)no2)nc(C)n1. The molecule has 5 nitrogen and oxygen atoms in total. The molecule has 0 saturated heterocycles. The van der Waals surface area contributed by atoms with Gasteiger partial charge in [-0.2, -0.15) is 4.98 Å². The maximum absolute atomic E-state index is 5.13. The van der Waals surface area contributed by atoms with E-state index in [0.29, 0.717) is 11.7 Å². The minimum absolute atomic E-state index is 0.0879. The zero-order valence-electron chi connectivity index (χ0n) is 10.3. The van der Waals surface area contributed by atoms with Crippen LogP contribution < -0.4 is 0 Å². The summed E-state index contributed by atoms with van der Waals surface area (Å²) in [6, 6.07) is 1.96. The van der Waals surface area contributed by atoms with Gasteiger partial charge >= 0.3 is 0 Å². The Morgan fingerprint density at radius 3 is 2.47 bits per heavy atom. The second-order valence-electron chi connectivity index (χ2n) is 3.83. The second-order valence-corrected chi connectivity index (χ2v) is 5.20. The van der Waals surface area contributed by atoms with Crippen molar-refractivity contribution >= 4 is 11.8 Å². The minimum Gasteiger partial charge on any atom is -0.338 e. The lowest BCUT2D eigenvalue weighted by Gasteiger charge is -2.06. The average molecular weight is 250 g/mol. The van der Waals surface area contributed by atoms with Crippen molar-refractivity contribution in [2.75, 3.05) is 0 Å². The van der Waals surface area contributed by atoms with Crippen molar-refractivity contribution in [1.82, 2.24) is 20.1 Å². The molecule has 0 radical (unpaired) electrons. The zero-order chi connectivity index (χ0) is 12.4. The van der Waals surface area contributed by atoms with Crippen LogP contribution in [0.15, 0.2) is 15.6 Å². The molecule has 17 heavy (non-hydrogen) atoms. The number of aryl methyl sites for hydroxylation is 3. The Kier molecular flexibility index (Phi) is 3.42. The summed E-state index contributed by atoms with van der Waals surface area (Å²) in [5.41, 5.74) is 0.967. The molecule has 2 rings (SSSR count). The van der Waals surface area contributed by atoms with Crippen LogP contribution in [0.4, 0.5) is 0 Å². The lowest BCUT2D eigenvalue weighted by atomic mass is 10.4. The highest BCUT2D eigenvalue weighted by Crippen LogP contribution is 2.32. The van der Waals surface area contributed by atoms with E-state index < -0.39 is 0 Å². The highest BCUT2D eigenvalue weighted by atomic mass is 32.2. The van der Waals surface area contributed by atoms with E-state index in [2.05, 4.69) is 20.1 Å². The smallest absolute Gasteiger partial charge is 0.239 e. The van der Waals surface area contributed by atoms with Crippen LogP contribution >= 0.6 is 11.8 Å². The molecule has 0 saturated carbocycles. The molecule has 0 aliphatic carbocycles. The molecule has 0 bridgehead atoms. The molecule has 0 aromatic carbocycles. The van der Waals surface area contributed by atoms with Gasteiger partial charge in [-0.15, -0.1) is 0 Å². The fraction of sp³-hybridized carbons (Fsp3) is 0.455. The van der Waals surface area contributed by atoms with Crippen molar-refractivity contribution in [2.45, 2.75) is 38.0 Å². The van der Waals surface area contributed by atoms with Gasteiger partial charge in [0.2, 0.25) is 5.89 Å². The van der Waals surface area contributed by atoms with E-state index in [4.69, 9.17) is 4.52 Å². The lowest BCUT2D eigenvalue weighted by Crippen LogP contribution is -1.95. The predicted molar refractivity (Wildman–Crippen MR) is 64.8 cm³/mol. The number of nitrogens with zero attached hydrogens (tertiary/aromatic N) is 4. The number of thioether (sulfide) groups is 1. The number of hydrogen-bond acceptors (Lipinski definition) is 6. The Balaban J connectivity index is 2.15. The first-order valence-corrected chi connectivity index (χ1v) is 6.21. The summed E-state index contributed by atoms with van der Waals surface area (Å²) in [6.07, 6.45) is 0. The summed E-state index contributed by atoms with van der Waals surface area (Å²) in [7, 11) is 0. The third-order valence-electron chi connectivity index (χ3n) is 2.13. The van der Waals surface area contributed by atoms with Gasteiger partial charge in [0.15, 0.2) is 5.82 Å². The molecular formula is C11H14N4OS. The molecule has 0 amide bonds. The van der Waals surface area contributed by atoms with E-state index in [9.17, 15) is 0 Å². The van der Waals surface area contributed by atoms with Gasteiger partial charge in [0.25, 0.3) is 0 Å². The Morgan fingerprint density at radius 1 is 1.12 bits per heavy atom. The fourth-order valence-electron chi connectivity index (χ4n) is 1.45. The quantitative estimate of drug-likeness (QED) is 0.616. The zero-order valence-corrected chi connectivity index (χ0v) is 11.1. The van der Waals surface area contributed by atoms with Crippen molar-refractivity contribution in [1.29, 1.82) is 0 Å². The molecule has 0 aliphatic rings. The molecule has 2 heterocycles. The maximum atomic E-state index is 5.13. The van der Waals surface area contributed by atoms with Gasteiger partial charge in [-0.05, 0) is 33.8 Å². The summed E-state index contributed by atoms with van der Waals surface area (Å²) in [6.45, 7) is 7.67. The normalized spacial score (nSPS) is 12.7. The summed E-state index contributed by atoms with van der Waals surface area (Å²) in [4.78, 5) is 12.8. The van der Waals surface area contributed by atoms with Gasteiger partial charge in [0.1, 0.15) is 10.9 Å².